The monoisotopic (exact) mass is 306 g/mol. The molecule has 7 nitrogen and oxygen atoms in total. The van der Waals surface area contributed by atoms with Gasteiger partial charge in [0.1, 0.15) is 12.3 Å². The molecule has 1 saturated heterocycles. The fraction of sp³-hybridized carbons (Fsp3) is 0.400. The molecular weight excluding hydrogens is 288 g/mol. The predicted octanol–water partition coefficient (Wildman–Crippen LogP) is 0.244. The molecule has 1 heterocycles. The molecule has 7 heteroatoms. The maximum Gasteiger partial charge on any atom is 0.322 e. The molecule has 118 valence electrons. The van der Waals surface area contributed by atoms with E-state index in [0.717, 1.165) is 11.3 Å². The first-order chi connectivity index (χ1) is 10.5. The second-order valence-electron chi connectivity index (χ2n) is 5.13. The molecule has 2 rings (SSSR count). The minimum Gasteiger partial charge on any atom is -0.497 e. The quantitative estimate of drug-likeness (QED) is 0.785. The summed E-state index contributed by atoms with van der Waals surface area (Å²) in [5.74, 6) is -1.36. The summed E-state index contributed by atoms with van der Waals surface area (Å²) < 4.78 is 5.07. The van der Waals surface area contributed by atoms with Crippen LogP contribution in [0.5, 0.6) is 5.75 Å². The number of rotatable bonds is 6. The Bertz CT molecular complexity index is 570. The second kappa shape index (κ2) is 6.93. The molecular formula is C15H18N2O5. The lowest BCUT2D eigenvalue weighted by molar-refractivity contribution is -0.138. The summed E-state index contributed by atoms with van der Waals surface area (Å²) in [6, 6.07) is 7.35. The summed E-state index contributed by atoms with van der Waals surface area (Å²) in [5, 5.41) is 10.9. The maximum absolute atomic E-state index is 12.0. The zero-order chi connectivity index (χ0) is 16.1. The van der Waals surface area contributed by atoms with Crippen LogP contribution in [0, 0.1) is 5.92 Å². The van der Waals surface area contributed by atoms with E-state index in [2.05, 4.69) is 5.32 Å². The van der Waals surface area contributed by atoms with Crippen molar-refractivity contribution >= 4 is 17.8 Å². The van der Waals surface area contributed by atoms with Gasteiger partial charge in [0.15, 0.2) is 0 Å². The number of nitrogens with zero attached hydrogens (tertiary/aromatic N) is 1. The van der Waals surface area contributed by atoms with Gasteiger partial charge in [-0.25, -0.2) is 0 Å². The summed E-state index contributed by atoms with van der Waals surface area (Å²) in [6.07, 6.45) is 0.113. The molecule has 0 radical (unpaired) electrons. The first-order valence-electron chi connectivity index (χ1n) is 6.90. The number of carbonyl (C=O) groups excluding carboxylic acids is 2. The van der Waals surface area contributed by atoms with Gasteiger partial charge < -0.3 is 20.1 Å². The number of carboxylic acid groups (broad SMARTS) is 1. The molecule has 0 aliphatic carbocycles. The average molecular weight is 306 g/mol. The Balaban J connectivity index is 1.91. The summed E-state index contributed by atoms with van der Waals surface area (Å²) in [5.41, 5.74) is 0.945. The number of amides is 2. The lowest BCUT2D eigenvalue weighted by atomic mass is 10.1. The van der Waals surface area contributed by atoms with Crippen molar-refractivity contribution in [1.82, 2.24) is 10.2 Å². The van der Waals surface area contributed by atoms with Crippen LogP contribution in [0.1, 0.15) is 12.0 Å². The molecule has 1 aromatic rings. The fourth-order valence-corrected chi connectivity index (χ4v) is 2.36. The average Bonchev–Trinajstić information content (AvgIpc) is 2.86. The number of carboxylic acids is 1. The number of benzene rings is 1. The van der Waals surface area contributed by atoms with Gasteiger partial charge in [0, 0.05) is 19.5 Å². The predicted molar refractivity (Wildman–Crippen MR) is 77.2 cm³/mol. The second-order valence-corrected chi connectivity index (χ2v) is 5.13. The molecule has 0 bridgehead atoms. The number of likely N-dealkylation sites (tertiary alicyclic amines) is 1. The molecule has 2 amide bonds. The van der Waals surface area contributed by atoms with Crippen molar-refractivity contribution in [3.05, 3.63) is 29.8 Å². The number of hydrogen-bond donors (Lipinski definition) is 2. The van der Waals surface area contributed by atoms with Crippen LogP contribution in [-0.4, -0.2) is 48.0 Å². The normalized spacial score (nSPS) is 17.4. The summed E-state index contributed by atoms with van der Waals surface area (Å²) >= 11 is 0. The Morgan fingerprint density at radius 3 is 2.64 bits per heavy atom. The van der Waals surface area contributed by atoms with Crippen LogP contribution in [0.2, 0.25) is 0 Å². The number of carbonyl (C=O) groups is 3. The van der Waals surface area contributed by atoms with E-state index in [1.807, 2.05) is 24.3 Å². The summed E-state index contributed by atoms with van der Waals surface area (Å²) in [6.45, 7) is 0.295. The van der Waals surface area contributed by atoms with Crippen LogP contribution < -0.4 is 10.1 Å². The number of aliphatic carboxylic acids is 1. The van der Waals surface area contributed by atoms with Crippen molar-refractivity contribution in [3.63, 3.8) is 0 Å². The van der Waals surface area contributed by atoms with Gasteiger partial charge in [-0.15, -0.1) is 0 Å². The fourth-order valence-electron chi connectivity index (χ4n) is 2.36. The Labute approximate surface area is 127 Å². The molecule has 1 fully saturated rings. The Morgan fingerprint density at radius 1 is 1.36 bits per heavy atom. The van der Waals surface area contributed by atoms with Crippen molar-refractivity contribution in [2.24, 2.45) is 5.92 Å². The highest BCUT2D eigenvalue weighted by molar-refractivity contribution is 5.90. The largest absolute Gasteiger partial charge is 0.497 e. The zero-order valence-corrected chi connectivity index (χ0v) is 12.2. The number of methoxy groups -OCH3 is 1. The maximum atomic E-state index is 12.0. The van der Waals surface area contributed by atoms with Crippen LogP contribution in [0.3, 0.4) is 0 Å². The number of ether oxygens (including phenoxy) is 1. The standard InChI is InChI=1S/C15H18N2O5/c1-22-12-4-2-10(3-5-12)8-17-9-11(6-13(17)18)15(21)16-7-14(19)20/h2-5,11H,6-9H2,1H3,(H,16,21)(H,19,20). The van der Waals surface area contributed by atoms with Gasteiger partial charge in [0.25, 0.3) is 0 Å². The van der Waals surface area contributed by atoms with E-state index in [-0.39, 0.29) is 12.3 Å². The smallest absolute Gasteiger partial charge is 0.322 e. The molecule has 1 aliphatic rings. The minimum atomic E-state index is -1.10. The van der Waals surface area contributed by atoms with Crippen molar-refractivity contribution in [3.8, 4) is 5.75 Å². The molecule has 1 aromatic carbocycles. The Kier molecular flexibility index (Phi) is 4.98. The van der Waals surface area contributed by atoms with Gasteiger partial charge in [0.2, 0.25) is 11.8 Å². The van der Waals surface area contributed by atoms with E-state index in [0.29, 0.717) is 13.1 Å². The molecule has 0 saturated carbocycles. The van der Waals surface area contributed by atoms with Crippen LogP contribution in [0.15, 0.2) is 24.3 Å². The third-order valence-electron chi connectivity index (χ3n) is 3.53. The van der Waals surface area contributed by atoms with Crippen molar-refractivity contribution in [1.29, 1.82) is 0 Å². The highest BCUT2D eigenvalue weighted by Crippen LogP contribution is 2.21. The number of hydrogen-bond acceptors (Lipinski definition) is 4. The molecule has 1 aliphatic heterocycles. The van der Waals surface area contributed by atoms with E-state index in [4.69, 9.17) is 9.84 Å². The molecule has 0 aromatic heterocycles. The van der Waals surface area contributed by atoms with E-state index in [9.17, 15) is 14.4 Å². The third kappa shape index (κ3) is 3.97. The van der Waals surface area contributed by atoms with E-state index in [1.54, 1.807) is 12.0 Å². The molecule has 2 N–H and O–H groups in total. The molecule has 0 spiro atoms. The van der Waals surface area contributed by atoms with Gasteiger partial charge in [-0.2, -0.15) is 0 Å². The van der Waals surface area contributed by atoms with Gasteiger partial charge >= 0.3 is 5.97 Å². The first-order valence-corrected chi connectivity index (χ1v) is 6.90. The Morgan fingerprint density at radius 2 is 2.05 bits per heavy atom. The lowest BCUT2D eigenvalue weighted by Crippen LogP contribution is -2.35. The van der Waals surface area contributed by atoms with Crippen LogP contribution in [0.25, 0.3) is 0 Å². The van der Waals surface area contributed by atoms with Crippen molar-refractivity contribution in [2.45, 2.75) is 13.0 Å². The van der Waals surface area contributed by atoms with Crippen molar-refractivity contribution in [2.75, 3.05) is 20.2 Å². The van der Waals surface area contributed by atoms with Gasteiger partial charge in [0.05, 0.1) is 13.0 Å². The summed E-state index contributed by atoms with van der Waals surface area (Å²) in [7, 11) is 1.58. The van der Waals surface area contributed by atoms with Crippen LogP contribution in [-0.2, 0) is 20.9 Å². The third-order valence-corrected chi connectivity index (χ3v) is 3.53. The van der Waals surface area contributed by atoms with E-state index in [1.165, 1.54) is 0 Å². The van der Waals surface area contributed by atoms with Gasteiger partial charge in [-0.3, -0.25) is 14.4 Å². The van der Waals surface area contributed by atoms with Gasteiger partial charge in [-0.05, 0) is 17.7 Å². The minimum absolute atomic E-state index is 0.105. The van der Waals surface area contributed by atoms with E-state index >= 15 is 0 Å². The van der Waals surface area contributed by atoms with Crippen LogP contribution in [0.4, 0.5) is 0 Å². The Hall–Kier alpha value is -2.57. The van der Waals surface area contributed by atoms with Crippen molar-refractivity contribution < 1.29 is 24.2 Å². The molecule has 22 heavy (non-hydrogen) atoms. The molecule has 1 unspecified atom stereocenters. The van der Waals surface area contributed by atoms with Crippen LogP contribution >= 0.6 is 0 Å². The van der Waals surface area contributed by atoms with Gasteiger partial charge in [-0.1, -0.05) is 12.1 Å². The highest BCUT2D eigenvalue weighted by Gasteiger charge is 2.34. The SMILES string of the molecule is COc1ccc(CN2CC(C(=O)NCC(=O)O)CC2=O)cc1. The highest BCUT2D eigenvalue weighted by atomic mass is 16.5. The zero-order valence-electron chi connectivity index (χ0n) is 12.2. The topological polar surface area (TPSA) is 95.9 Å². The first kappa shape index (κ1) is 15.8. The van der Waals surface area contributed by atoms with E-state index < -0.39 is 24.3 Å². The lowest BCUT2D eigenvalue weighted by Gasteiger charge is -2.16. The molecule has 1 atom stereocenters. The number of nitrogens with one attached hydrogen (secondary N) is 1. The summed E-state index contributed by atoms with van der Waals surface area (Å²) in [4.78, 5) is 35.8.